The molecule has 2 aliphatic heterocycles. The van der Waals surface area contributed by atoms with Gasteiger partial charge in [-0.25, -0.2) is 9.67 Å². The smallest absolute Gasteiger partial charge is 0.287 e. The second-order valence-corrected chi connectivity index (χ2v) is 9.94. The van der Waals surface area contributed by atoms with Crippen LogP contribution in [0.5, 0.6) is 5.88 Å². The molecule has 5 heterocycles. The van der Waals surface area contributed by atoms with Crippen LogP contribution in [0.1, 0.15) is 50.0 Å². The minimum atomic E-state index is -0.248. The van der Waals surface area contributed by atoms with Gasteiger partial charge in [0.15, 0.2) is 0 Å². The molecule has 2 aliphatic rings. The first-order valence-electron chi connectivity index (χ1n) is 12.7. The molecule has 1 atom stereocenters. The number of aryl methyl sites for hydroxylation is 2. The summed E-state index contributed by atoms with van der Waals surface area (Å²) in [4.78, 5) is 19.1. The van der Waals surface area contributed by atoms with E-state index in [2.05, 4.69) is 33.5 Å². The molecule has 9 nitrogen and oxygen atoms in total. The molecule has 0 bridgehead atoms. The molecule has 192 valence electrons. The third-order valence-corrected chi connectivity index (χ3v) is 7.42. The molecule has 2 saturated heterocycles. The van der Waals surface area contributed by atoms with E-state index in [1.807, 2.05) is 19.1 Å². The van der Waals surface area contributed by atoms with Crippen LogP contribution in [0, 0.1) is 13.8 Å². The lowest BCUT2D eigenvalue weighted by Crippen LogP contribution is -2.29. The Hall–Kier alpha value is -2.91. The van der Waals surface area contributed by atoms with E-state index in [0.29, 0.717) is 30.7 Å². The molecule has 3 aromatic heterocycles. The van der Waals surface area contributed by atoms with Crippen molar-refractivity contribution in [3.05, 3.63) is 51.3 Å². The molecule has 5 rings (SSSR count). The first-order valence-corrected chi connectivity index (χ1v) is 13.1. The van der Waals surface area contributed by atoms with Gasteiger partial charge in [0, 0.05) is 56.2 Å². The molecule has 0 aromatic carbocycles. The molecule has 0 unspecified atom stereocenters. The van der Waals surface area contributed by atoms with E-state index in [9.17, 15) is 4.79 Å². The van der Waals surface area contributed by atoms with E-state index < -0.39 is 0 Å². The number of halogens is 1. The van der Waals surface area contributed by atoms with Crippen molar-refractivity contribution in [1.82, 2.24) is 24.5 Å². The number of ether oxygens (including phenoxy) is 2. The minimum Gasteiger partial charge on any atom is -0.472 e. The molecule has 0 N–H and O–H groups in total. The van der Waals surface area contributed by atoms with Gasteiger partial charge in [-0.2, -0.15) is 10.2 Å². The molecule has 0 amide bonds. The van der Waals surface area contributed by atoms with Gasteiger partial charge in [0.25, 0.3) is 5.56 Å². The topological polar surface area (TPSA) is 87.3 Å². The van der Waals surface area contributed by atoms with Crippen molar-refractivity contribution in [3.8, 4) is 17.0 Å². The first-order chi connectivity index (χ1) is 17.5. The Balaban J connectivity index is 1.30. The van der Waals surface area contributed by atoms with Crippen LogP contribution >= 0.6 is 11.6 Å². The van der Waals surface area contributed by atoms with Crippen molar-refractivity contribution >= 4 is 17.3 Å². The van der Waals surface area contributed by atoms with Gasteiger partial charge >= 0.3 is 0 Å². The monoisotopic (exact) mass is 512 g/mol. The lowest BCUT2D eigenvalue weighted by atomic mass is 10.0. The van der Waals surface area contributed by atoms with Crippen molar-refractivity contribution in [2.24, 2.45) is 0 Å². The van der Waals surface area contributed by atoms with E-state index in [1.165, 1.54) is 4.68 Å². The highest BCUT2D eigenvalue weighted by Gasteiger charge is 2.28. The highest BCUT2D eigenvalue weighted by Crippen LogP contribution is 2.33. The van der Waals surface area contributed by atoms with Crippen LogP contribution in [0.15, 0.2) is 29.3 Å². The Bertz CT molecular complexity index is 1280. The summed E-state index contributed by atoms with van der Waals surface area (Å²) >= 11 is 6.42. The van der Waals surface area contributed by atoms with Crippen LogP contribution in [-0.4, -0.2) is 57.0 Å². The van der Waals surface area contributed by atoms with E-state index in [0.717, 1.165) is 68.0 Å². The van der Waals surface area contributed by atoms with Gasteiger partial charge in [0.05, 0.1) is 30.2 Å². The molecule has 3 aromatic rings. The number of anilines is 1. The third-order valence-electron chi connectivity index (χ3n) is 7.06. The largest absolute Gasteiger partial charge is 0.472 e. The van der Waals surface area contributed by atoms with Gasteiger partial charge in [-0.05, 0) is 44.7 Å². The van der Waals surface area contributed by atoms with E-state index in [4.69, 9.17) is 26.2 Å². The van der Waals surface area contributed by atoms with Gasteiger partial charge in [-0.3, -0.25) is 9.48 Å². The molecular formula is C26H33ClN6O3. The standard InChI is InChI=1S/C26H33ClN6O3/c1-4-10-32-26(34)25(27)22(15-29-32)31-11-6-21(16-31)36-23-14-19(5-9-28-23)24-17(2)30-33(18(24)3)20-7-12-35-13-8-20/h5,9,14-15,20-21H,4,6-8,10-13,16H2,1-3H3/t21-/m1/s1. The van der Waals surface area contributed by atoms with Gasteiger partial charge in [-0.1, -0.05) is 18.5 Å². The van der Waals surface area contributed by atoms with Crippen LogP contribution in [0.2, 0.25) is 5.02 Å². The molecule has 36 heavy (non-hydrogen) atoms. The fourth-order valence-corrected chi connectivity index (χ4v) is 5.52. The summed E-state index contributed by atoms with van der Waals surface area (Å²) < 4.78 is 15.4. The predicted octanol–water partition coefficient (Wildman–Crippen LogP) is 4.19. The molecule has 0 saturated carbocycles. The van der Waals surface area contributed by atoms with E-state index >= 15 is 0 Å². The number of aromatic nitrogens is 5. The van der Waals surface area contributed by atoms with Gasteiger partial charge in [0.2, 0.25) is 5.88 Å². The Morgan fingerprint density at radius 3 is 2.81 bits per heavy atom. The molecule has 10 heteroatoms. The fraction of sp³-hybridized carbons (Fsp3) is 0.538. The van der Waals surface area contributed by atoms with E-state index in [-0.39, 0.29) is 16.7 Å². The molecular weight excluding hydrogens is 480 g/mol. The summed E-state index contributed by atoms with van der Waals surface area (Å²) in [5.41, 5.74) is 4.75. The van der Waals surface area contributed by atoms with Crippen LogP contribution in [-0.2, 0) is 11.3 Å². The minimum absolute atomic E-state index is 0.0611. The highest BCUT2D eigenvalue weighted by atomic mass is 35.5. The van der Waals surface area contributed by atoms with Crippen molar-refractivity contribution in [3.63, 3.8) is 0 Å². The zero-order valence-electron chi connectivity index (χ0n) is 21.1. The average molecular weight is 513 g/mol. The van der Waals surface area contributed by atoms with Crippen molar-refractivity contribution in [1.29, 1.82) is 0 Å². The molecule has 0 aliphatic carbocycles. The number of pyridine rings is 1. The summed E-state index contributed by atoms with van der Waals surface area (Å²) in [5.74, 6) is 0.583. The Labute approximate surface area is 216 Å². The van der Waals surface area contributed by atoms with Crippen molar-refractivity contribution < 1.29 is 9.47 Å². The fourth-order valence-electron chi connectivity index (χ4n) is 5.26. The summed E-state index contributed by atoms with van der Waals surface area (Å²) in [6, 6.07) is 4.38. The molecule has 0 radical (unpaired) electrons. The number of hydrogen-bond donors (Lipinski definition) is 0. The maximum Gasteiger partial charge on any atom is 0.287 e. The zero-order valence-corrected chi connectivity index (χ0v) is 21.9. The van der Waals surface area contributed by atoms with Crippen molar-refractivity contribution in [2.45, 2.75) is 65.1 Å². The number of hydrogen-bond acceptors (Lipinski definition) is 7. The van der Waals surface area contributed by atoms with Gasteiger partial charge in [-0.15, -0.1) is 0 Å². The Morgan fingerprint density at radius 1 is 1.22 bits per heavy atom. The van der Waals surface area contributed by atoms with Gasteiger partial charge in [0.1, 0.15) is 11.1 Å². The second kappa shape index (κ2) is 10.6. The number of rotatable bonds is 7. The second-order valence-electron chi connectivity index (χ2n) is 9.56. The summed E-state index contributed by atoms with van der Waals surface area (Å²) in [6.07, 6.45) is 7.01. The Kier molecular flexibility index (Phi) is 7.29. The quantitative estimate of drug-likeness (QED) is 0.469. The number of nitrogens with zero attached hydrogens (tertiary/aromatic N) is 6. The zero-order chi connectivity index (χ0) is 25.2. The lowest BCUT2D eigenvalue weighted by Gasteiger charge is -2.23. The maximum absolute atomic E-state index is 12.5. The summed E-state index contributed by atoms with van der Waals surface area (Å²) in [5, 5.41) is 9.37. The highest BCUT2D eigenvalue weighted by molar-refractivity contribution is 6.33. The van der Waals surface area contributed by atoms with Crippen LogP contribution < -0.4 is 15.2 Å². The van der Waals surface area contributed by atoms with Crippen molar-refractivity contribution in [2.75, 3.05) is 31.2 Å². The predicted molar refractivity (Wildman–Crippen MR) is 139 cm³/mol. The first kappa shape index (κ1) is 24.8. The van der Waals surface area contributed by atoms with E-state index in [1.54, 1.807) is 12.4 Å². The molecule has 2 fully saturated rings. The SMILES string of the molecule is CCCn1ncc(N2CC[C@@H](Oc3cc(-c4c(C)nn(C5CCOCC5)c4C)ccn3)C2)c(Cl)c1=O. The van der Waals surface area contributed by atoms with Crippen LogP contribution in [0.4, 0.5) is 5.69 Å². The normalized spacial score (nSPS) is 18.7. The van der Waals surface area contributed by atoms with Crippen LogP contribution in [0.25, 0.3) is 11.1 Å². The average Bonchev–Trinajstić information content (AvgIpc) is 3.46. The van der Waals surface area contributed by atoms with Crippen LogP contribution in [0.3, 0.4) is 0 Å². The van der Waals surface area contributed by atoms with Gasteiger partial charge < -0.3 is 14.4 Å². The summed E-state index contributed by atoms with van der Waals surface area (Å²) in [7, 11) is 0. The Morgan fingerprint density at radius 2 is 2.03 bits per heavy atom. The maximum atomic E-state index is 12.5. The lowest BCUT2D eigenvalue weighted by molar-refractivity contribution is 0.0656. The molecule has 0 spiro atoms. The third kappa shape index (κ3) is 4.86. The summed E-state index contributed by atoms with van der Waals surface area (Å²) in [6.45, 7) is 9.66.